The number of nitrogens with one attached hydrogen (secondary N) is 1. The summed E-state index contributed by atoms with van der Waals surface area (Å²) in [5.74, 6) is -0.00775. The van der Waals surface area contributed by atoms with E-state index >= 15 is 0 Å². The predicted octanol–water partition coefficient (Wildman–Crippen LogP) is 0.1000. The summed E-state index contributed by atoms with van der Waals surface area (Å²) in [6, 6.07) is -0.231. The van der Waals surface area contributed by atoms with Crippen LogP contribution in [0.3, 0.4) is 0 Å². The first-order valence-corrected chi connectivity index (χ1v) is 3.27. The minimum atomic E-state index is -0.314. The Bertz CT molecular complexity index is 196. The fourth-order valence-electron chi connectivity index (χ4n) is 0.956. The zero-order valence-corrected chi connectivity index (χ0v) is 6.39. The van der Waals surface area contributed by atoms with Crippen molar-refractivity contribution in [1.82, 2.24) is 5.32 Å². The van der Waals surface area contributed by atoms with E-state index < -0.39 is 0 Å². The van der Waals surface area contributed by atoms with E-state index in [1.54, 1.807) is 0 Å². The minimum Gasteiger partial charge on any atom is -0.346 e. The summed E-state index contributed by atoms with van der Waals surface area (Å²) < 4.78 is 0. The molecule has 56 valence electrons. The van der Waals surface area contributed by atoms with Gasteiger partial charge in [0.15, 0.2) is 5.78 Å². The van der Waals surface area contributed by atoms with Gasteiger partial charge in [-0.15, -0.1) is 0 Å². The van der Waals surface area contributed by atoms with Crippen LogP contribution < -0.4 is 5.32 Å². The van der Waals surface area contributed by atoms with Gasteiger partial charge < -0.3 is 5.32 Å². The molecule has 0 aromatic rings. The van der Waals surface area contributed by atoms with Crippen molar-refractivity contribution in [2.45, 2.75) is 26.8 Å². The molecule has 0 heterocycles. The highest BCUT2D eigenvalue weighted by molar-refractivity contribution is 6.08. The van der Waals surface area contributed by atoms with E-state index in [0.29, 0.717) is 0 Å². The Kier molecular flexibility index (Phi) is 1.31. The summed E-state index contributed by atoms with van der Waals surface area (Å²) in [6.45, 7) is 5.08. The number of carbonyl (C=O) groups excluding carboxylic acids is 2. The Hall–Kier alpha value is -0.860. The van der Waals surface area contributed by atoms with Gasteiger partial charge in [-0.05, 0) is 0 Å². The molecule has 10 heavy (non-hydrogen) atoms. The second kappa shape index (κ2) is 1.81. The first-order chi connectivity index (χ1) is 4.46. The molecule has 1 atom stereocenters. The highest BCUT2D eigenvalue weighted by Crippen LogP contribution is 2.39. The highest BCUT2D eigenvalue weighted by atomic mass is 16.2. The van der Waals surface area contributed by atoms with Gasteiger partial charge in [0, 0.05) is 6.92 Å². The summed E-state index contributed by atoms with van der Waals surface area (Å²) in [6.07, 6.45) is 0. The Balaban J connectivity index is 2.50. The van der Waals surface area contributed by atoms with Crippen LogP contribution in [0.25, 0.3) is 0 Å². The van der Waals surface area contributed by atoms with Gasteiger partial charge in [-0.25, -0.2) is 0 Å². The molecular weight excluding hydrogens is 130 g/mol. The van der Waals surface area contributed by atoms with E-state index in [9.17, 15) is 9.59 Å². The van der Waals surface area contributed by atoms with E-state index in [1.165, 1.54) is 6.92 Å². The molecule has 0 aromatic heterocycles. The molecule has 1 amide bonds. The van der Waals surface area contributed by atoms with Crippen LogP contribution in [-0.2, 0) is 9.59 Å². The van der Waals surface area contributed by atoms with E-state index in [-0.39, 0.29) is 23.1 Å². The van der Waals surface area contributed by atoms with Crippen LogP contribution in [0, 0.1) is 5.41 Å². The lowest BCUT2D eigenvalue weighted by Crippen LogP contribution is -2.26. The number of amides is 1. The van der Waals surface area contributed by atoms with E-state index in [1.807, 2.05) is 13.8 Å². The van der Waals surface area contributed by atoms with E-state index in [0.717, 1.165) is 0 Å². The Morgan fingerprint density at radius 2 is 2.00 bits per heavy atom. The van der Waals surface area contributed by atoms with Gasteiger partial charge in [0.05, 0.1) is 5.41 Å². The number of carbonyl (C=O) groups is 2. The maximum Gasteiger partial charge on any atom is 0.217 e. The summed E-state index contributed by atoms with van der Waals surface area (Å²) in [5.41, 5.74) is -0.314. The molecule has 0 aliphatic heterocycles. The fourth-order valence-corrected chi connectivity index (χ4v) is 0.956. The normalized spacial score (nSPS) is 27.9. The number of hydrogen-bond donors (Lipinski definition) is 1. The molecule has 1 saturated carbocycles. The predicted molar refractivity (Wildman–Crippen MR) is 36.4 cm³/mol. The molecule has 1 unspecified atom stereocenters. The van der Waals surface area contributed by atoms with Gasteiger partial charge in [0.2, 0.25) is 5.91 Å². The maximum atomic E-state index is 10.9. The molecular formula is C7H11NO2. The van der Waals surface area contributed by atoms with Crippen LogP contribution in [-0.4, -0.2) is 17.7 Å². The number of ketones is 1. The van der Waals surface area contributed by atoms with Crippen molar-refractivity contribution in [3.05, 3.63) is 0 Å². The molecule has 0 saturated heterocycles. The molecule has 1 aliphatic rings. The third-order valence-corrected chi connectivity index (χ3v) is 1.88. The molecule has 3 nitrogen and oxygen atoms in total. The number of rotatable bonds is 1. The van der Waals surface area contributed by atoms with Gasteiger partial charge in [0.1, 0.15) is 6.04 Å². The monoisotopic (exact) mass is 141 g/mol. The van der Waals surface area contributed by atoms with Crippen LogP contribution in [0.1, 0.15) is 20.8 Å². The molecule has 0 spiro atoms. The second-order valence-corrected chi connectivity index (χ2v) is 3.22. The highest BCUT2D eigenvalue weighted by Gasteiger charge is 2.58. The van der Waals surface area contributed by atoms with Crippen LogP contribution in [0.2, 0.25) is 0 Å². The summed E-state index contributed by atoms with van der Waals surface area (Å²) in [4.78, 5) is 21.3. The maximum absolute atomic E-state index is 10.9. The molecule has 1 fully saturated rings. The van der Waals surface area contributed by atoms with Gasteiger partial charge >= 0.3 is 0 Å². The van der Waals surface area contributed by atoms with Crippen molar-refractivity contribution < 1.29 is 9.59 Å². The van der Waals surface area contributed by atoms with Crippen LogP contribution in [0.5, 0.6) is 0 Å². The van der Waals surface area contributed by atoms with Crippen molar-refractivity contribution in [3.8, 4) is 0 Å². The lowest BCUT2D eigenvalue weighted by atomic mass is 10.2. The van der Waals surface area contributed by atoms with E-state index in [4.69, 9.17) is 0 Å². The molecule has 0 radical (unpaired) electrons. The average Bonchev–Trinajstić information content (AvgIpc) is 2.17. The van der Waals surface area contributed by atoms with Gasteiger partial charge in [-0.2, -0.15) is 0 Å². The first kappa shape index (κ1) is 7.25. The Labute approximate surface area is 59.8 Å². The largest absolute Gasteiger partial charge is 0.346 e. The molecule has 1 rings (SSSR count). The van der Waals surface area contributed by atoms with E-state index in [2.05, 4.69) is 5.32 Å². The quantitative estimate of drug-likeness (QED) is 0.563. The fraction of sp³-hybridized carbons (Fsp3) is 0.714. The van der Waals surface area contributed by atoms with Gasteiger partial charge in [-0.1, -0.05) is 13.8 Å². The Morgan fingerprint density at radius 1 is 1.60 bits per heavy atom. The first-order valence-electron chi connectivity index (χ1n) is 3.27. The van der Waals surface area contributed by atoms with Crippen molar-refractivity contribution >= 4 is 11.7 Å². The average molecular weight is 141 g/mol. The number of hydrogen-bond acceptors (Lipinski definition) is 2. The third kappa shape index (κ3) is 0.916. The SMILES string of the molecule is CC(=O)NC1C(=O)C1(C)C. The number of Topliss-reactive ketones (excluding diaryl/α,β-unsaturated/α-hetero) is 1. The zero-order valence-electron chi connectivity index (χ0n) is 6.39. The third-order valence-electron chi connectivity index (χ3n) is 1.88. The summed E-state index contributed by atoms with van der Waals surface area (Å²) in [5, 5.41) is 2.57. The molecule has 0 aromatic carbocycles. The minimum absolute atomic E-state index is 0.128. The van der Waals surface area contributed by atoms with Crippen molar-refractivity contribution in [2.75, 3.05) is 0 Å². The van der Waals surface area contributed by atoms with Crippen molar-refractivity contribution in [3.63, 3.8) is 0 Å². The molecule has 0 bridgehead atoms. The second-order valence-electron chi connectivity index (χ2n) is 3.22. The van der Waals surface area contributed by atoms with Gasteiger partial charge in [0.25, 0.3) is 0 Å². The molecule has 3 heteroatoms. The summed E-state index contributed by atoms with van der Waals surface area (Å²) >= 11 is 0. The van der Waals surface area contributed by atoms with Crippen LogP contribution in [0.15, 0.2) is 0 Å². The Morgan fingerprint density at radius 3 is 2.10 bits per heavy atom. The smallest absolute Gasteiger partial charge is 0.217 e. The van der Waals surface area contributed by atoms with Crippen LogP contribution >= 0.6 is 0 Å². The van der Waals surface area contributed by atoms with Crippen molar-refractivity contribution in [1.29, 1.82) is 0 Å². The molecule has 1 N–H and O–H groups in total. The lowest BCUT2D eigenvalue weighted by Gasteiger charge is -1.98. The van der Waals surface area contributed by atoms with Crippen LogP contribution in [0.4, 0.5) is 0 Å². The zero-order chi connectivity index (χ0) is 7.94. The standard InChI is InChI=1S/C7H11NO2/c1-4(9)8-5-6(10)7(5,2)3/h5H,1-3H3,(H,8,9). The topological polar surface area (TPSA) is 46.2 Å². The molecule has 1 aliphatic carbocycles. The summed E-state index contributed by atoms with van der Waals surface area (Å²) in [7, 11) is 0. The lowest BCUT2D eigenvalue weighted by molar-refractivity contribution is -0.120. The van der Waals surface area contributed by atoms with Gasteiger partial charge in [-0.3, -0.25) is 9.59 Å². The van der Waals surface area contributed by atoms with Crippen molar-refractivity contribution in [2.24, 2.45) is 5.41 Å².